The maximum atomic E-state index is 14.2. The minimum atomic E-state index is -0.792. The molecule has 10 heteroatoms. The van der Waals surface area contributed by atoms with Gasteiger partial charge in [0.1, 0.15) is 5.75 Å². The minimum Gasteiger partial charge on any atom is -0.463 e. The summed E-state index contributed by atoms with van der Waals surface area (Å²) in [4.78, 5) is 44.0. The van der Waals surface area contributed by atoms with Gasteiger partial charge in [-0.2, -0.15) is 5.10 Å². The SMILES string of the molecule is CCOC(=O)C1=C(C)N=c2sc(=Cc3cn(-c4ccccc4)nc3-c3ccccc3)c(=O)n2C1c1ccc(OC(C)=O)cc1. The second-order valence-electron chi connectivity index (χ2n) is 10.0. The number of fused-ring (bicyclic) bond motifs is 1. The van der Waals surface area contributed by atoms with E-state index >= 15 is 0 Å². The van der Waals surface area contributed by atoms with Crippen LogP contribution >= 0.6 is 11.3 Å². The summed E-state index contributed by atoms with van der Waals surface area (Å²) < 4.78 is 14.3. The molecule has 6 rings (SSSR count). The van der Waals surface area contributed by atoms with Crippen LogP contribution in [0.3, 0.4) is 0 Å². The van der Waals surface area contributed by atoms with Gasteiger partial charge in [0.15, 0.2) is 4.80 Å². The molecule has 220 valence electrons. The van der Waals surface area contributed by atoms with E-state index in [9.17, 15) is 14.4 Å². The molecule has 0 saturated carbocycles. The maximum Gasteiger partial charge on any atom is 0.338 e. The molecule has 5 aromatic rings. The molecule has 0 N–H and O–H groups in total. The lowest BCUT2D eigenvalue weighted by Gasteiger charge is -2.24. The second-order valence-corrected chi connectivity index (χ2v) is 11.1. The van der Waals surface area contributed by atoms with Gasteiger partial charge in [0.25, 0.3) is 5.56 Å². The lowest BCUT2D eigenvalue weighted by atomic mass is 9.96. The van der Waals surface area contributed by atoms with Crippen molar-refractivity contribution in [3.63, 3.8) is 0 Å². The van der Waals surface area contributed by atoms with Crippen molar-refractivity contribution in [2.45, 2.75) is 26.8 Å². The van der Waals surface area contributed by atoms with Crippen LogP contribution in [0.2, 0.25) is 0 Å². The summed E-state index contributed by atoms with van der Waals surface area (Å²) in [5.41, 5.74) is 4.36. The number of hydrogen-bond acceptors (Lipinski definition) is 8. The van der Waals surface area contributed by atoms with Crippen LogP contribution in [0.4, 0.5) is 0 Å². The van der Waals surface area contributed by atoms with Crippen molar-refractivity contribution in [2.75, 3.05) is 6.61 Å². The number of carbonyl (C=O) groups is 2. The average Bonchev–Trinajstić information content (AvgIpc) is 3.58. The van der Waals surface area contributed by atoms with Crippen molar-refractivity contribution in [2.24, 2.45) is 4.99 Å². The summed E-state index contributed by atoms with van der Waals surface area (Å²) >= 11 is 1.24. The van der Waals surface area contributed by atoms with E-state index < -0.39 is 18.0 Å². The largest absolute Gasteiger partial charge is 0.463 e. The van der Waals surface area contributed by atoms with Gasteiger partial charge in [-0.25, -0.2) is 14.5 Å². The smallest absolute Gasteiger partial charge is 0.338 e. The van der Waals surface area contributed by atoms with Crippen molar-refractivity contribution in [3.8, 4) is 22.7 Å². The number of aromatic nitrogens is 3. The van der Waals surface area contributed by atoms with Gasteiger partial charge in [0.05, 0.1) is 39.8 Å². The molecule has 0 saturated heterocycles. The molecule has 1 aliphatic rings. The van der Waals surface area contributed by atoms with Gasteiger partial charge >= 0.3 is 11.9 Å². The van der Waals surface area contributed by atoms with Crippen LogP contribution in [0.1, 0.15) is 37.9 Å². The monoisotopic (exact) mass is 604 g/mol. The molecule has 0 radical (unpaired) electrons. The van der Waals surface area contributed by atoms with Crippen molar-refractivity contribution >= 4 is 29.4 Å². The standard InChI is InChI=1S/C34H28N4O5S/c1-4-42-33(41)29-21(2)35-34-38(31(29)24-15-17-27(18-16-24)43-22(3)39)32(40)28(44-34)19-25-20-37(26-13-9-6-10-14-26)36-30(25)23-11-7-5-8-12-23/h5-20,31H,4H2,1-3H3. The normalized spacial score (nSPS) is 14.6. The summed E-state index contributed by atoms with van der Waals surface area (Å²) in [7, 11) is 0. The van der Waals surface area contributed by atoms with Crippen LogP contribution in [0.15, 0.2) is 112 Å². The number of benzene rings is 3. The Labute approximate surface area is 256 Å². The molecule has 3 heterocycles. The maximum absolute atomic E-state index is 14.2. The third-order valence-corrected chi connectivity index (χ3v) is 8.05. The minimum absolute atomic E-state index is 0.172. The van der Waals surface area contributed by atoms with E-state index in [0.717, 1.165) is 22.5 Å². The summed E-state index contributed by atoms with van der Waals surface area (Å²) in [6, 6.07) is 25.5. The Morgan fingerprint density at radius 3 is 2.32 bits per heavy atom. The third-order valence-electron chi connectivity index (χ3n) is 7.07. The first-order chi connectivity index (χ1) is 21.3. The molecule has 44 heavy (non-hydrogen) atoms. The van der Waals surface area contributed by atoms with Crippen molar-refractivity contribution < 1.29 is 19.1 Å². The second kappa shape index (κ2) is 12.1. The Hall–Kier alpha value is -5.35. The van der Waals surface area contributed by atoms with Gasteiger partial charge in [0.2, 0.25) is 0 Å². The molecule has 3 aromatic carbocycles. The molecular weight excluding hydrogens is 576 g/mol. The average molecular weight is 605 g/mol. The zero-order valence-electron chi connectivity index (χ0n) is 24.3. The van der Waals surface area contributed by atoms with Gasteiger partial charge in [-0.15, -0.1) is 0 Å². The number of ether oxygens (including phenoxy) is 2. The van der Waals surface area contributed by atoms with Gasteiger partial charge in [-0.05, 0) is 49.8 Å². The van der Waals surface area contributed by atoms with Crippen molar-refractivity contribution in [1.29, 1.82) is 0 Å². The molecule has 0 bridgehead atoms. The molecule has 1 atom stereocenters. The van der Waals surface area contributed by atoms with Gasteiger partial charge in [-0.1, -0.05) is 72.0 Å². The van der Waals surface area contributed by atoms with E-state index in [4.69, 9.17) is 14.6 Å². The van der Waals surface area contributed by atoms with Crippen LogP contribution < -0.4 is 19.6 Å². The zero-order valence-corrected chi connectivity index (χ0v) is 25.1. The number of thiazole rings is 1. The Morgan fingerprint density at radius 1 is 0.977 bits per heavy atom. The fourth-order valence-electron chi connectivity index (χ4n) is 5.16. The number of esters is 2. The van der Waals surface area contributed by atoms with Crippen LogP contribution in [-0.2, 0) is 14.3 Å². The molecule has 0 amide bonds. The Morgan fingerprint density at radius 2 is 1.66 bits per heavy atom. The molecule has 1 aliphatic heterocycles. The molecule has 9 nitrogen and oxygen atoms in total. The fraction of sp³-hybridized carbons (Fsp3) is 0.147. The van der Waals surface area contributed by atoms with Crippen LogP contribution in [-0.4, -0.2) is 32.9 Å². The van der Waals surface area contributed by atoms with Gasteiger partial charge in [0, 0.05) is 24.2 Å². The zero-order chi connectivity index (χ0) is 30.8. The van der Waals surface area contributed by atoms with E-state index in [-0.39, 0.29) is 17.7 Å². The highest BCUT2D eigenvalue weighted by Crippen LogP contribution is 2.32. The molecule has 2 aromatic heterocycles. The number of rotatable bonds is 7. The summed E-state index contributed by atoms with van der Waals surface area (Å²) in [5, 5.41) is 4.87. The van der Waals surface area contributed by atoms with Crippen LogP contribution in [0, 0.1) is 0 Å². The van der Waals surface area contributed by atoms with Crippen molar-refractivity contribution in [3.05, 3.63) is 133 Å². The van der Waals surface area contributed by atoms with Gasteiger partial charge < -0.3 is 9.47 Å². The number of para-hydroxylation sites is 1. The van der Waals surface area contributed by atoms with E-state index in [1.165, 1.54) is 22.8 Å². The van der Waals surface area contributed by atoms with E-state index in [0.29, 0.717) is 26.3 Å². The van der Waals surface area contributed by atoms with Gasteiger partial charge in [-0.3, -0.25) is 14.2 Å². The first-order valence-corrected chi connectivity index (χ1v) is 14.8. The summed E-state index contributed by atoms with van der Waals surface area (Å²) in [6.07, 6.45) is 3.72. The Kier molecular flexibility index (Phi) is 7.91. The topological polar surface area (TPSA) is 105 Å². The number of hydrogen-bond donors (Lipinski definition) is 0. The summed E-state index contributed by atoms with van der Waals surface area (Å²) in [6.45, 7) is 4.96. The highest BCUT2D eigenvalue weighted by molar-refractivity contribution is 7.07. The van der Waals surface area contributed by atoms with E-state index in [2.05, 4.69) is 4.99 Å². The highest BCUT2D eigenvalue weighted by atomic mass is 32.1. The predicted octanol–water partition coefficient (Wildman–Crippen LogP) is 4.58. The molecular formula is C34H28N4O5S. The van der Waals surface area contributed by atoms with E-state index in [1.54, 1.807) is 42.8 Å². The lowest BCUT2D eigenvalue weighted by Crippen LogP contribution is -2.39. The quantitative estimate of drug-likeness (QED) is 0.199. The van der Waals surface area contributed by atoms with Crippen LogP contribution in [0.25, 0.3) is 23.0 Å². The van der Waals surface area contributed by atoms with Crippen LogP contribution in [0.5, 0.6) is 5.75 Å². The number of nitrogens with zero attached hydrogens (tertiary/aromatic N) is 4. The van der Waals surface area contributed by atoms with E-state index in [1.807, 2.05) is 72.9 Å². The number of carbonyl (C=O) groups excluding carboxylic acids is 2. The van der Waals surface area contributed by atoms with Crippen molar-refractivity contribution in [1.82, 2.24) is 14.3 Å². The number of allylic oxidation sites excluding steroid dienone is 1. The predicted molar refractivity (Wildman–Crippen MR) is 167 cm³/mol. The first kappa shape index (κ1) is 28.8. The molecule has 0 spiro atoms. The Bertz CT molecular complexity index is 2080. The summed E-state index contributed by atoms with van der Waals surface area (Å²) in [5.74, 6) is -0.636. The fourth-order valence-corrected chi connectivity index (χ4v) is 6.20. The Balaban J connectivity index is 1.53. The molecule has 0 fully saturated rings. The molecule has 0 aliphatic carbocycles. The highest BCUT2D eigenvalue weighted by Gasteiger charge is 2.33. The molecule has 1 unspecified atom stereocenters. The first-order valence-electron chi connectivity index (χ1n) is 14.0. The third kappa shape index (κ3) is 5.55. The lowest BCUT2D eigenvalue weighted by molar-refractivity contribution is -0.139.